The normalized spacial score (nSPS) is 11.4. The molecular weight excluding hydrogens is 345 g/mol. The van der Waals surface area contributed by atoms with Crippen molar-refractivity contribution < 1.29 is 13.2 Å². The molecule has 0 spiro atoms. The standard InChI is InChI=1S/C17H17F3N6/c1-25(2)15-8-14(17(18,19)20)23-16(24-15)22-13-9-21-26(11-13)10-12-6-4-3-5-7-12/h3-9,11H,10H2,1-2H3,(H,22,23,24). The maximum Gasteiger partial charge on any atom is 0.433 e. The Hall–Kier alpha value is -3.10. The van der Waals surface area contributed by atoms with E-state index in [2.05, 4.69) is 20.4 Å². The first kappa shape index (κ1) is 17.7. The van der Waals surface area contributed by atoms with Crippen LogP contribution in [-0.4, -0.2) is 33.8 Å². The van der Waals surface area contributed by atoms with Gasteiger partial charge in [-0.05, 0) is 5.56 Å². The number of hydrogen-bond donors (Lipinski definition) is 1. The minimum atomic E-state index is -4.55. The molecule has 0 bridgehead atoms. The van der Waals surface area contributed by atoms with E-state index in [1.54, 1.807) is 25.0 Å². The third-order valence-corrected chi connectivity index (χ3v) is 3.54. The van der Waals surface area contributed by atoms with Crippen LogP contribution >= 0.6 is 0 Å². The summed E-state index contributed by atoms with van der Waals surface area (Å²) in [6, 6.07) is 10.6. The van der Waals surface area contributed by atoms with Gasteiger partial charge in [-0.1, -0.05) is 30.3 Å². The van der Waals surface area contributed by atoms with Gasteiger partial charge in [0, 0.05) is 26.4 Å². The first-order valence-corrected chi connectivity index (χ1v) is 7.78. The molecule has 3 rings (SSSR count). The minimum absolute atomic E-state index is 0.136. The van der Waals surface area contributed by atoms with Crippen molar-refractivity contribution in [2.75, 3.05) is 24.3 Å². The van der Waals surface area contributed by atoms with Gasteiger partial charge in [0.05, 0.1) is 18.4 Å². The molecule has 0 unspecified atom stereocenters. The van der Waals surface area contributed by atoms with E-state index in [1.165, 1.54) is 11.1 Å². The smallest absolute Gasteiger partial charge is 0.363 e. The zero-order chi connectivity index (χ0) is 18.7. The summed E-state index contributed by atoms with van der Waals surface area (Å²) in [5.41, 5.74) is 0.563. The van der Waals surface area contributed by atoms with Crippen molar-refractivity contribution in [3.63, 3.8) is 0 Å². The summed E-state index contributed by atoms with van der Waals surface area (Å²) in [7, 11) is 3.23. The van der Waals surface area contributed by atoms with Gasteiger partial charge in [-0.3, -0.25) is 4.68 Å². The van der Waals surface area contributed by atoms with Crippen LogP contribution in [0.25, 0.3) is 0 Å². The van der Waals surface area contributed by atoms with Gasteiger partial charge in [0.25, 0.3) is 0 Å². The monoisotopic (exact) mass is 362 g/mol. The molecule has 1 N–H and O–H groups in total. The van der Waals surface area contributed by atoms with Crippen LogP contribution < -0.4 is 10.2 Å². The van der Waals surface area contributed by atoms with E-state index in [4.69, 9.17) is 0 Å². The van der Waals surface area contributed by atoms with Gasteiger partial charge in [0.1, 0.15) is 5.82 Å². The lowest BCUT2D eigenvalue weighted by molar-refractivity contribution is -0.141. The average Bonchev–Trinajstić information content (AvgIpc) is 3.01. The Morgan fingerprint density at radius 2 is 1.85 bits per heavy atom. The number of alkyl halides is 3. The number of nitrogens with one attached hydrogen (secondary N) is 1. The topological polar surface area (TPSA) is 58.9 Å². The largest absolute Gasteiger partial charge is 0.433 e. The summed E-state index contributed by atoms with van der Waals surface area (Å²) in [5, 5.41) is 6.99. The summed E-state index contributed by atoms with van der Waals surface area (Å²) in [6.07, 6.45) is -1.35. The molecule has 136 valence electrons. The zero-order valence-corrected chi connectivity index (χ0v) is 14.2. The van der Waals surface area contributed by atoms with E-state index in [1.807, 2.05) is 30.3 Å². The second-order valence-electron chi connectivity index (χ2n) is 5.86. The van der Waals surface area contributed by atoms with Gasteiger partial charge in [-0.2, -0.15) is 23.3 Å². The van der Waals surface area contributed by atoms with Gasteiger partial charge >= 0.3 is 6.18 Å². The Bertz CT molecular complexity index is 874. The molecule has 2 aromatic heterocycles. The van der Waals surface area contributed by atoms with Crippen LogP contribution in [0.2, 0.25) is 0 Å². The Morgan fingerprint density at radius 1 is 1.12 bits per heavy atom. The molecule has 0 amide bonds. The van der Waals surface area contributed by atoms with Gasteiger partial charge in [-0.15, -0.1) is 0 Å². The first-order valence-electron chi connectivity index (χ1n) is 7.78. The molecule has 1 aromatic carbocycles. The van der Waals surface area contributed by atoms with Gasteiger partial charge in [0.15, 0.2) is 5.69 Å². The fourth-order valence-electron chi connectivity index (χ4n) is 2.28. The Balaban J connectivity index is 1.81. The average molecular weight is 362 g/mol. The molecule has 9 heteroatoms. The second kappa shape index (κ2) is 7.03. The van der Waals surface area contributed by atoms with Crippen molar-refractivity contribution in [3.05, 3.63) is 60.0 Å². The number of halogens is 3. The quantitative estimate of drug-likeness (QED) is 0.752. The summed E-state index contributed by atoms with van der Waals surface area (Å²) in [6.45, 7) is 0.551. The van der Waals surface area contributed by atoms with Crippen molar-refractivity contribution >= 4 is 17.5 Å². The van der Waals surface area contributed by atoms with Crippen LogP contribution in [0.15, 0.2) is 48.8 Å². The Kier molecular flexibility index (Phi) is 4.79. The Morgan fingerprint density at radius 3 is 2.50 bits per heavy atom. The maximum absolute atomic E-state index is 13.0. The van der Waals surface area contributed by atoms with Crippen molar-refractivity contribution in [1.29, 1.82) is 0 Å². The lowest BCUT2D eigenvalue weighted by Crippen LogP contribution is -2.16. The number of rotatable bonds is 5. The third-order valence-electron chi connectivity index (χ3n) is 3.54. The molecule has 0 aliphatic carbocycles. The molecular formula is C17H17F3N6. The highest BCUT2D eigenvalue weighted by molar-refractivity contribution is 5.54. The van der Waals surface area contributed by atoms with E-state index in [0.29, 0.717) is 12.2 Å². The third kappa shape index (κ3) is 4.29. The molecule has 3 aromatic rings. The van der Waals surface area contributed by atoms with Crippen molar-refractivity contribution in [1.82, 2.24) is 19.7 Å². The number of hydrogen-bond acceptors (Lipinski definition) is 5. The molecule has 0 fully saturated rings. The van der Waals surface area contributed by atoms with Crippen molar-refractivity contribution in [2.24, 2.45) is 0 Å². The SMILES string of the molecule is CN(C)c1cc(C(F)(F)F)nc(Nc2cnn(Cc3ccccc3)c2)n1. The van der Waals surface area contributed by atoms with Gasteiger partial charge < -0.3 is 10.2 Å². The number of nitrogens with zero attached hydrogens (tertiary/aromatic N) is 5. The van der Waals surface area contributed by atoms with Gasteiger partial charge in [0.2, 0.25) is 5.95 Å². The van der Waals surface area contributed by atoms with Crippen molar-refractivity contribution in [3.8, 4) is 0 Å². The van der Waals surface area contributed by atoms with E-state index in [9.17, 15) is 13.2 Å². The van der Waals surface area contributed by atoms with E-state index >= 15 is 0 Å². The predicted octanol–water partition coefficient (Wildman–Crippen LogP) is 3.55. The lowest BCUT2D eigenvalue weighted by Gasteiger charge is -2.15. The number of benzene rings is 1. The number of aromatic nitrogens is 4. The highest BCUT2D eigenvalue weighted by Crippen LogP contribution is 2.30. The predicted molar refractivity (Wildman–Crippen MR) is 92.4 cm³/mol. The molecule has 0 saturated heterocycles. The summed E-state index contributed by atoms with van der Waals surface area (Å²) < 4.78 is 40.8. The van der Waals surface area contributed by atoms with Crippen LogP contribution in [0, 0.1) is 0 Å². The van der Waals surface area contributed by atoms with E-state index in [-0.39, 0.29) is 11.8 Å². The summed E-state index contributed by atoms with van der Waals surface area (Å²) in [4.78, 5) is 9.15. The minimum Gasteiger partial charge on any atom is -0.363 e. The summed E-state index contributed by atoms with van der Waals surface area (Å²) in [5.74, 6) is 0.0225. The molecule has 0 aliphatic heterocycles. The molecule has 0 atom stereocenters. The summed E-state index contributed by atoms with van der Waals surface area (Å²) >= 11 is 0. The lowest BCUT2D eigenvalue weighted by atomic mass is 10.2. The maximum atomic E-state index is 13.0. The second-order valence-corrected chi connectivity index (χ2v) is 5.86. The fraction of sp³-hybridized carbons (Fsp3) is 0.235. The molecule has 26 heavy (non-hydrogen) atoms. The van der Waals surface area contributed by atoms with Crippen LogP contribution in [0.3, 0.4) is 0 Å². The van der Waals surface area contributed by atoms with E-state index in [0.717, 1.165) is 11.6 Å². The van der Waals surface area contributed by atoms with Crippen LogP contribution in [-0.2, 0) is 12.7 Å². The highest BCUT2D eigenvalue weighted by Gasteiger charge is 2.34. The fourth-order valence-corrected chi connectivity index (χ4v) is 2.28. The molecule has 0 radical (unpaired) electrons. The Labute approximate surface area is 148 Å². The molecule has 6 nitrogen and oxygen atoms in total. The first-order chi connectivity index (χ1) is 12.3. The molecule has 0 saturated carbocycles. The molecule has 0 aliphatic rings. The van der Waals surface area contributed by atoms with Gasteiger partial charge in [-0.25, -0.2) is 4.98 Å². The van der Waals surface area contributed by atoms with Crippen LogP contribution in [0.1, 0.15) is 11.3 Å². The van der Waals surface area contributed by atoms with E-state index < -0.39 is 11.9 Å². The zero-order valence-electron chi connectivity index (χ0n) is 14.2. The highest BCUT2D eigenvalue weighted by atomic mass is 19.4. The number of anilines is 3. The van der Waals surface area contributed by atoms with Crippen LogP contribution in [0.4, 0.5) is 30.6 Å². The van der Waals surface area contributed by atoms with Crippen molar-refractivity contribution in [2.45, 2.75) is 12.7 Å². The molecule has 2 heterocycles. The van der Waals surface area contributed by atoms with Crippen LogP contribution in [0.5, 0.6) is 0 Å².